The van der Waals surface area contributed by atoms with Gasteiger partial charge in [0.2, 0.25) is 0 Å². The molecule has 1 heterocycles. The van der Waals surface area contributed by atoms with Crippen LogP contribution in [0.4, 0.5) is 4.39 Å². The van der Waals surface area contributed by atoms with E-state index in [1.54, 1.807) is 12.1 Å². The molecule has 2 rings (SSSR count). The number of hydrogen-bond acceptors (Lipinski definition) is 2. The molecule has 0 bridgehead atoms. The molecule has 0 spiro atoms. The van der Waals surface area contributed by atoms with Gasteiger partial charge in [-0.3, -0.25) is 4.79 Å². The van der Waals surface area contributed by atoms with Crippen LogP contribution in [0.1, 0.15) is 29.4 Å². The molecule has 0 aliphatic heterocycles. The average molecular weight is 314 g/mol. The van der Waals surface area contributed by atoms with E-state index < -0.39 is 0 Å². The van der Waals surface area contributed by atoms with Gasteiger partial charge in [0.05, 0.1) is 4.88 Å². The summed E-state index contributed by atoms with van der Waals surface area (Å²) in [7, 11) is 0. The minimum atomic E-state index is -0.277. The zero-order valence-corrected chi connectivity index (χ0v) is 12.9. The molecule has 0 aliphatic rings. The van der Waals surface area contributed by atoms with Crippen LogP contribution in [-0.4, -0.2) is 18.3 Å². The Morgan fingerprint density at radius 1 is 1.45 bits per heavy atom. The van der Waals surface area contributed by atoms with Crippen LogP contribution in [0.25, 0.3) is 10.1 Å². The van der Waals surface area contributed by atoms with Crippen molar-refractivity contribution >= 4 is 38.9 Å². The van der Waals surface area contributed by atoms with Gasteiger partial charge in [-0.2, -0.15) is 0 Å². The Labute approximate surface area is 126 Å². The molecule has 108 valence electrons. The van der Waals surface area contributed by atoms with Crippen LogP contribution >= 0.6 is 22.9 Å². The number of carbonyl (C=O) groups excluding carboxylic acids is 1. The fourth-order valence-electron chi connectivity index (χ4n) is 1.93. The van der Waals surface area contributed by atoms with E-state index in [4.69, 9.17) is 11.6 Å². The Kier molecular flexibility index (Phi) is 5.38. The van der Waals surface area contributed by atoms with Gasteiger partial charge in [-0.1, -0.05) is 13.0 Å². The second kappa shape index (κ2) is 7.04. The van der Waals surface area contributed by atoms with Crippen LogP contribution in [0.5, 0.6) is 0 Å². The molecule has 1 N–H and O–H groups in total. The molecule has 20 heavy (non-hydrogen) atoms. The standard InChI is InChI=1S/C15H17ClFNOS/c1-10(9-16)3-2-6-18-15(19)14-7-11-4-5-12(17)8-13(11)20-14/h4-5,7-8,10H,2-3,6,9H2,1H3,(H,18,19). The zero-order valence-electron chi connectivity index (χ0n) is 11.3. The van der Waals surface area contributed by atoms with Gasteiger partial charge in [0.25, 0.3) is 5.91 Å². The number of thiophene rings is 1. The van der Waals surface area contributed by atoms with E-state index in [0.29, 0.717) is 23.2 Å². The fraction of sp³-hybridized carbons (Fsp3) is 0.400. The second-order valence-corrected chi connectivity index (χ2v) is 6.34. The Bertz CT molecular complexity index is 599. The topological polar surface area (TPSA) is 29.1 Å². The molecule has 5 heteroatoms. The van der Waals surface area contributed by atoms with Gasteiger partial charge in [0, 0.05) is 17.1 Å². The summed E-state index contributed by atoms with van der Waals surface area (Å²) in [6.45, 7) is 2.73. The lowest BCUT2D eigenvalue weighted by atomic mass is 10.1. The highest BCUT2D eigenvalue weighted by Crippen LogP contribution is 2.26. The molecular formula is C15H17ClFNOS. The van der Waals surface area contributed by atoms with Crippen molar-refractivity contribution in [1.29, 1.82) is 0 Å². The van der Waals surface area contributed by atoms with E-state index in [1.165, 1.54) is 23.5 Å². The molecule has 1 aromatic heterocycles. The summed E-state index contributed by atoms with van der Waals surface area (Å²) in [5.41, 5.74) is 0. The lowest BCUT2D eigenvalue weighted by Crippen LogP contribution is -2.23. The summed E-state index contributed by atoms with van der Waals surface area (Å²) in [6, 6.07) is 6.36. The predicted octanol–water partition coefficient (Wildman–Crippen LogP) is 4.43. The number of amides is 1. The SMILES string of the molecule is CC(CCl)CCCNC(=O)c1cc2ccc(F)cc2s1. The Balaban J connectivity index is 1.91. The molecule has 1 aromatic carbocycles. The quantitative estimate of drug-likeness (QED) is 0.620. The van der Waals surface area contributed by atoms with Gasteiger partial charge in [0.1, 0.15) is 5.82 Å². The molecule has 2 aromatic rings. The van der Waals surface area contributed by atoms with Crippen molar-refractivity contribution in [2.45, 2.75) is 19.8 Å². The van der Waals surface area contributed by atoms with Gasteiger partial charge < -0.3 is 5.32 Å². The molecular weight excluding hydrogens is 297 g/mol. The van der Waals surface area contributed by atoms with E-state index in [2.05, 4.69) is 12.2 Å². The Morgan fingerprint density at radius 3 is 3.00 bits per heavy atom. The summed E-state index contributed by atoms with van der Waals surface area (Å²) in [5, 5.41) is 3.79. The zero-order chi connectivity index (χ0) is 14.5. The first kappa shape index (κ1) is 15.3. The van der Waals surface area contributed by atoms with Crippen LogP contribution in [0.2, 0.25) is 0 Å². The van der Waals surface area contributed by atoms with Crippen molar-refractivity contribution in [3.63, 3.8) is 0 Å². The highest BCUT2D eigenvalue weighted by Gasteiger charge is 2.10. The maximum Gasteiger partial charge on any atom is 0.261 e. The molecule has 0 saturated carbocycles. The molecule has 1 atom stereocenters. The van der Waals surface area contributed by atoms with Crippen molar-refractivity contribution in [3.05, 3.63) is 35.0 Å². The Hall–Kier alpha value is -1.13. The van der Waals surface area contributed by atoms with E-state index >= 15 is 0 Å². The van der Waals surface area contributed by atoms with Crippen LogP contribution in [-0.2, 0) is 0 Å². The van der Waals surface area contributed by atoms with Crippen LogP contribution in [0.15, 0.2) is 24.3 Å². The summed E-state index contributed by atoms with van der Waals surface area (Å²) < 4.78 is 13.9. The highest BCUT2D eigenvalue weighted by molar-refractivity contribution is 7.20. The molecule has 1 unspecified atom stereocenters. The number of hydrogen-bond donors (Lipinski definition) is 1. The van der Waals surface area contributed by atoms with Crippen molar-refractivity contribution in [3.8, 4) is 0 Å². The van der Waals surface area contributed by atoms with Crippen molar-refractivity contribution in [2.75, 3.05) is 12.4 Å². The first-order valence-corrected chi connectivity index (χ1v) is 7.98. The third-order valence-electron chi connectivity index (χ3n) is 3.13. The molecule has 2 nitrogen and oxygen atoms in total. The van der Waals surface area contributed by atoms with Gasteiger partial charge in [-0.15, -0.1) is 22.9 Å². The summed E-state index contributed by atoms with van der Waals surface area (Å²) in [5.74, 6) is 0.753. The van der Waals surface area contributed by atoms with E-state index in [1.807, 2.05) is 0 Å². The van der Waals surface area contributed by atoms with E-state index in [9.17, 15) is 9.18 Å². The van der Waals surface area contributed by atoms with Gasteiger partial charge >= 0.3 is 0 Å². The molecule has 0 saturated heterocycles. The number of nitrogens with one attached hydrogen (secondary N) is 1. The number of carbonyl (C=O) groups is 1. The van der Waals surface area contributed by atoms with E-state index in [0.717, 1.165) is 22.9 Å². The summed E-state index contributed by atoms with van der Waals surface area (Å²) in [6.07, 6.45) is 1.92. The van der Waals surface area contributed by atoms with Crippen LogP contribution in [0.3, 0.4) is 0 Å². The smallest absolute Gasteiger partial charge is 0.261 e. The summed E-state index contributed by atoms with van der Waals surface area (Å²) in [4.78, 5) is 12.6. The number of fused-ring (bicyclic) bond motifs is 1. The number of rotatable bonds is 6. The first-order chi connectivity index (χ1) is 9.60. The monoisotopic (exact) mass is 313 g/mol. The average Bonchev–Trinajstić information content (AvgIpc) is 2.86. The molecule has 1 amide bonds. The van der Waals surface area contributed by atoms with Gasteiger partial charge in [-0.25, -0.2) is 4.39 Å². The number of halogens is 2. The minimum absolute atomic E-state index is 0.0925. The number of alkyl halides is 1. The molecule has 0 radical (unpaired) electrons. The van der Waals surface area contributed by atoms with Crippen molar-refractivity contribution < 1.29 is 9.18 Å². The minimum Gasteiger partial charge on any atom is -0.351 e. The largest absolute Gasteiger partial charge is 0.351 e. The lowest BCUT2D eigenvalue weighted by Gasteiger charge is -2.07. The highest BCUT2D eigenvalue weighted by atomic mass is 35.5. The third-order valence-corrected chi connectivity index (χ3v) is 4.75. The van der Waals surface area contributed by atoms with Crippen molar-refractivity contribution in [2.24, 2.45) is 5.92 Å². The number of benzene rings is 1. The summed E-state index contributed by atoms with van der Waals surface area (Å²) >= 11 is 7.05. The van der Waals surface area contributed by atoms with Gasteiger partial charge in [-0.05, 0) is 42.3 Å². The fourth-order valence-corrected chi connectivity index (χ4v) is 3.09. The van der Waals surface area contributed by atoms with Crippen LogP contribution < -0.4 is 5.32 Å². The molecule has 0 aliphatic carbocycles. The maximum atomic E-state index is 13.1. The third kappa shape index (κ3) is 3.93. The van der Waals surface area contributed by atoms with Crippen LogP contribution in [0, 0.1) is 11.7 Å². The van der Waals surface area contributed by atoms with Gasteiger partial charge in [0.15, 0.2) is 0 Å². The normalized spacial score (nSPS) is 12.6. The maximum absolute atomic E-state index is 13.1. The second-order valence-electron chi connectivity index (χ2n) is 4.95. The first-order valence-electron chi connectivity index (χ1n) is 6.63. The molecule has 0 fully saturated rings. The van der Waals surface area contributed by atoms with E-state index in [-0.39, 0.29) is 11.7 Å². The Morgan fingerprint density at radius 2 is 2.25 bits per heavy atom. The predicted molar refractivity (Wildman–Crippen MR) is 83.2 cm³/mol. The lowest BCUT2D eigenvalue weighted by molar-refractivity contribution is 0.0956. The van der Waals surface area contributed by atoms with Crippen molar-refractivity contribution in [1.82, 2.24) is 5.32 Å².